The molecule has 6 nitrogen and oxygen atoms in total. The number of rotatable bonds is 9. The van der Waals surface area contributed by atoms with Gasteiger partial charge in [0.15, 0.2) is 5.43 Å². The molecule has 0 fully saturated rings. The molecule has 0 saturated carbocycles. The Bertz CT molecular complexity index is 431. The number of nitrogens with one attached hydrogen (secondary N) is 2. The van der Waals surface area contributed by atoms with E-state index in [0.29, 0.717) is 26.4 Å². The van der Waals surface area contributed by atoms with Crippen molar-refractivity contribution >= 4 is 5.91 Å². The molecule has 0 radical (unpaired) electrons. The number of ether oxygens (including phenoxy) is 2. The van der Waals surface area contributed by atoms with Crippen LogP contribution >= 0.6 is 0 Å². The second-order valence-corrected chi connectivity index (χ2v) is 3.99. The quantitative estimate of drug-likeness (QED) is 0.641. The molecule has 1 rings (SSSR count). The minimum Gasteiger partial charge on any atom is -0.382 e. The van der Waals surface area contributed by atoms with Crippen LogP contribution in [0, 0.1) is 0 Å². The summed E-state index contributed by atoms with van der Waals surface area (Å²) in [5.41, 5.74) is -0.141. The maximum Gasteiger partial charge on any atom is 0.256 e. The molecule has 0 aliphatic rings. The molecule has 1 aromatic heterocycles. The summed E-state index contributed by atoms with van der Waals surface area (Å²) in [5.74, 6) is -0.345. The fourth-order valence-corrected chi connectivity index (χ4v) is 1.46. The predicted octanol–water partition coefficient (Wildman–Crippen LogP) is 0.548. The molecule has 0 unspecified atom stereocenters. The molecule has 1 amide bonds. The largest absolute Gasteiger partial charge is 0.382 e. The van der Waals surface area contributed by atoms with Crippen LogP contribution in [0.4, 0.5) is 0 Å². The topological polar surface area (TPSA) is 80.4 Å². The predicted molar refractivity (Wildman–Crippen MR) is 71.3 cm³/mol. The highest BCUT2D eigenvalue weighted by Crippen LogP contribution is 1.91. The first kappa shape index (κ1) is 15.4. The standard InChI is InChI=1S/C13H20N2O4/c1-18-8-9-19-7-3-2-5-15-13(17)11-10-14-6-4-12(11)16/h4,6,10H,2-3,5,7-9H2,1H3,(H,14,16)(H,15,17). The highest BCUT2D eigenvalue weighted by Gasteiger charge is 2.07. The Labute approximate surface area is 112 Å². The summed E-state index contributed by atoms with van der Waals surface area (Å²) in [5, 5.41) is 2.70. The van der Waals surface area contributed by atoms with E-state index < -0.39 is 0 Å². The summed E-state index contributed by atoms with van der Waals surface area (Å²) in [6.07, 6.45) is 4.57. The number of pyridine rings is 1. The van der Waals surface area contributed by atoms with Crippen LogP contribution in [0.25, 0.3) is 0 Å². The van der Waals surface area contributed by atoms with Crippen molar-refractivity contribution in [2.75, 3.05) is 33.5 Å². The monoisotopic (exact) mass is 268 g/mol. The zero-order valence-corrected chi connectivity index (χ0v) is 11.1. The molecule has 6 heteroatoms. The number of hydrogen-bond donors (Lipinski definition) is 2. The van der Waals surface area contributed by atoms with E-state index in [-0.39, 0.29) is 16.9 Å². The van der Waals surface area contributed by atoms with Crippen molar-refractivity contribution in [2.24, 2.45) is 0 Å². The third-order valence-corrected chi connectivity index (χ3v) is 2.50. The molecule has 2 N–H and O–H groups in total. The van der Waals surface area contributed by atoms with Gasteiger partial charge in [-0.3, -0.25) is 9.59 Å². The van der Waals surface area contributed by atoms with Gasteiger partial charge in [-0.05, 0) is 12.8 Å². The number of carbonyl (C=O) groups is 1. The smallest absolute Gasteiger partial charge is 0.256 e. The van der Waals surface area contributed by atoms with E-state index in [1.807, 2.05) is 0 Å². The number of amides is 1. The van der Waals surface area contributed by atoms with Crippen molar-refractivity contribution < 1.29 is 14.3 Å². The molecule has 0 spiro atoms. The Hall–Kier alpha value is -1.66. The fourth-order valence-electron chi connectivity index (χ4n) is 1.46. The van der Waals surface area contributed by atoms with E-state index in [9.17, 15) is 9.59 Å². The molecule has 1 aromatic rings. The summed E-state index contributed by atoms with van der Waals surface area (Å²) >= 11 is 0. The lowest BCUT2D eigenvalue weighted by Gasteiger charge is -2.05. The van der Waals surface area contributed by atoms with E-state index in [1.165, 1.54) is 18.5 Å². The van der Waals surface area contributed by atoms with Gasteiger partial charge < -0.3 is 19.8 Å². The van der Waals surface area contributed by atoms with Crippen LogP contribution in [-0.2, 0) is 9.47 Å². The lowest BCUT2D eigenvalue weighted by molar-refractivity contribution is 0.0686. The number of carbonyl (C=O) groups excluding carboxylic acids is 1. The van der Waals surface area contributed by atoms with E-state index in [2.05, 4.69) is 10.3 Å². The van der Waals surface area contributed by atoms with E-state index >= 15 is 0 Å². The Morgan fingerprint density at radius 3 is 2.89 bits per heavy atom. The number of unbranched alkanes of at least 4 members (excludes halogenated alkanes) is 1. The van der Waals surface area contributed by atoms with Crippen molar-refractivity contribution in [3.05, 3.63) is 34.2 Å². The van der Waals surface area contributed by atoms with Crippen LogP contribution in [0.2, 0.25) is 0 Å². The normalized spacial score (nSPS) is 10.4. The van der Waals surface area contributed by atoms with E-state index in [1.54, 1.807) is 7.11 Å². The van der Waals surface area contributed by atoms with Gasteiger partial charge in [-0.15, -0.1) is 0 Å². The zero-order valence-electron chi connectivity index (χ0n) is 11.1. The minimum atomic E-state index is -0.345. The lowest BCUT2D eigenvalue weighted by atomic mass is 10.2. The molecular formula is C13H20N2O4. The first-order valence-electron chi connectivity index (χ1n) is 6.27. The Kier molecular flexibility index (Phi) is 7.53. The van der Waals surface area contributed by atoms with Crippen LogP contribution < -0.4 is 10.7 Å². The van der Waals surface area contributed by atoms with Crippen molar-refractivity contribution in [1.82, 2.24) is 10.3 Å². The summed E-state index contributed by atoms with van der Waals surface area (Å²) < 4.78 is 10.1. The van der Waals surface area contributed by atoms with Gasteiger partial charge in [0.25, 0.3) is 5.91 Å². The number of hydrogen-bond acceptors (Lipinski definition) is 4. The van der Waals surface area contributed by atoms with E-state index in [4.69, 9.17) is 9.47 Å². The summed E-state index contributed by atoms with van der Waals surface area (Å²) in [6.45, 7) is 2.35. The molecular weight excluding hydrogens is 248 g/mol. The van der Waals surface area contributed by atoms with Gasteiger partial charge in [0.1, 0.15) is 5.56 Å². The van der Waals surface area contributed by atoms with Crippen molar-refractivity contribution in [2.45, 2.75) is 12.8 Å². The average Bonchev–Trinajstić information content (AvgIpc) is 2.42. The SMILES string of the molecule is COCCOCCCCNC(=O)c1c[nH]ccc1=O. The maximum absolute atomic E-state index is 11.7. The van der Waals surface area contributed by atoms with Crippen molar-refractivity contribution in [3.63, 3.8) is 0 Å². The molecule has 0 aliphatic carbocycles. The highest BCUT2D eigenvalue weighted by molar-refractivity contribution is 5.93. The molecule has 106 valence electrons. The molecule has 0 bridgehead atoms. The first-order valence-corrected chi connectivity index (χ1v) is 6.27. The van der Waals surface area contributed by atoms with Crippen LogP contribution in [0.15, 0.2) is 23.3 Å². The van der Waals surface area contributed by atoms with Crippen LogP contribution in [0.1, 0.15) is 23.2 Å². The van der Waals surface area contributed by atoms with Crippen LogP contribution in [0.5, 0.6) is 0 Å². The minimum absolute atomic E-state index is 0.138. The van der Waals surface area contributed by atoms with Gasteiger partial charge in [0.05, 0.1) is 13.2 Å². The van der Waals surface area contributed by atoms with Gasteiger partial charge in [0, 0.05) is 38.7 Å². The van der Waals surface area contributed by atoms with Gasteiger partial charge >= 0.3 is 0 Å². The second kappa shape index (κ2) is 9.29. The summed E-state index contributed by atoms with van der Waals surface area (Å²) in [6, 6.07) is 1.33. The summed E-state index contributed by atoms with van der Waals surface area (Å²) in [4.78, 5) is 25.8. The molecule has 0 saturated heterocycles. The van der Waals surface area contributed by atoms with Crippen LogP contribution in [0.3, 0.4) is 0 Å². The van der Waals surface area contributed by atoms with Gasteiger partial charge in [-0.25, -0.2) is 0 Å². The second-order valence-electron chi connectivity index (χ2n) is 3.99. The average molecular weight is 268 g/mol. The third kappa shape index (κ3) is 6.17. The molecule has 0 atom stereocenters. The fraction of sp³-hybridized carbons (Fsp3) is 0.538. The number of aromatic nitrogens is 1. The maximum atomic E-state index is 11.7. The molecule has 1 heterocycles. The van der Waals surface area contributed by atoms with Crippen molar-refractivity contribution in [3.8, 4) is 0 Å². The van der Waals surface area contributed by atoms with Crippen LogP contribution in [-0.4, -0.2) is 44.4 Å². The third-order valence-electron chi connectivity index (χ3n) is 2.50. The van der Waals surface area contributed by atoms with Gasteiger partial charge in [-0.1, -0.05) is 0 Å². The zero-order chi connectivity index (χ0) is 13.9. The first-order chi connectivity index (χ1) is 9.25. The van der Waals surface area contributed by atoms with Gasteiger partial charge in [0.2, 0.25) is 0 Å². The number of methoxy groups -OCH3 is 1. The number of H-pyrrole nitrogens is 1. The number of aromatic amines is 1. The molecule has 0 aromatic carbocycles. The Morgan fingerprint density at radius 1 is 1.32 bits per heavy atom. The van der Waals surface area contributed by atoms with Crippen molar-refractivity contribution in [1.29, 1.82) is 0 Å². The highest BCUT2D eigenvalue weighted by atomic mass is 16.5. The van der Waals surface area contributed by atoms with E-state index in [0.717, 1.165) is 12.8 Å². The molecule has 19 heavy (non-hydrogen) atoms. The molecule has 0 aliphatic heterocycles. The Morgan fingerprint density at radius 2 is 2.16 bits per heavy atom. The summed E-state index contributed by atoms with van der Waals surface area (Å²) in [7, 11) is 1.63. The lowest BCUT2D eigenvalue weighted by Crippen LogP contribution is -2.29. The van der Waals surface area contributed by atoms with Gasteiger partial charge in [-0.2, -0.15) is 0 Å². The Balaban J connectivity index is 2.11.